The van der Waals surface area contributed by atoms with E-state index in [9.17, 15) is 14.0 Å². The first-order valence-electron chi connectivity index (χ1n) is 5.47. The monoisotopic (exact) mass is 297 g/mol. The Hall–Kier alpha value is -2.41. The van der Waals surface area contributed by atoms with Crippen LogP contribution in [0.3, 0.4) is 0 Å². The highest BCUT2D eigenvalue weighted by Gasteiger charge is 2.16. The summed E-state index contributed by atoms with van der Waals surface area (Å²) in [5, 5.41) is 14.7. The first kappa shape index (κ1) is 14.0. The fourth-order valence-electron chi connectivity index (χ4n) is 1.56. The number of rotatable bonds is 4. The average molecular weight is 298 g/mol. The van der Waals surface area contributed by atoms with Crippen LogP contribution in [0.5, 0.6) is 0 Å². The molecular formula is C12H9ClFN3O3. The standard InChI is InChI=1S/C12H9ClFN3O3/c13-8-2-1-3-9(14)11(8)12(20)16-7-4-15-17(5-7)6-10(18)19/h1-5H,6H2,(H,16,20)(H,18,19). The number of nitrogens with one attached hydrogen (secondary N) is 1. The number of carbonyl (C=O) groups excluding carboxylic acids is 1. The van der Waals surface area contributed by atoms with E-state index in [1.807, 2.05) is 0 Å². The van der Waals surface area contributed by atoms with E-state index in [2.05, 4.69) is 10.4 Å². The van der Waals surface area contributed by atoms with Crippen LogP contribution in [0.15, 0.2) is 30.6 Å². The lowest BCUT2D eigenvalue weighted by Crippen LogP contribution is -2.14. The molecule has 1 aromatic heterocycles. The van der Waals surface area contributed by atoms with E-state index in [0.29, 0.717) is 0 Å². The third kappa shape index (κ3) is 3.12. The molecule has 20 heavy (non-hydrogen) atoms. The topological polar surface area (TPSA) is 84.2 Å². The van der Waals surface area contributed by atoms with Gasteiger partial charge in [0.15, 0.2) is 0 Å². The van der Waals surface area contributed by atoms with Crippen LogP contribution < -0.4 is 5.32 Å². The molecule has 0 unspecified atom stereocenters. The van der Waals surface area contributed by atoms with Gasteiger partial charge < -0.3 is 10.4 Å². The summed E-state index contributed by atoms with van der Waals surface area (Å²) in [5.41, 5.74) is -0.0317. The lowest BCUT2D eigenvalue weighted by molar-refractivity contribution is -0.137. The molecule has 0 aliphatic heterocycles. The van der Waals surface area contributed by atoms with Gasteiger partial charge in [0, 0.05) is 6.20 Å². The lowest BCUT2D eigenvalue weighted by Gasteiger charge is -2.05. The molecule has 2 aromatic rings. The number of anilines is 1. The second-order valence-electron chi connectivity index (χ2n) is 3.87. The molecule has 0 saturated carbocycles. The van der Waals surface area contributed by atoms with Crippen LogP contribution in [0.4, 0.5) is 10.1 Å². The van der Waals surface area contributed by atoms with Crippen molar-refractivity contribution in [3.05, 3.63) is 47.0 Å². The fourth-order valence-corrected chi connectivity index (χ4v) is 1.81. The maximum atomic E-state index is 13.5. The van der Waals surface area contributed by atoms with Gasteiger partial charge in [0.25, 0.3) is 5.91 Å². The van der Waals surface area contributed by atoms with Crippen molar-refractivity contribution < 1.29 is 19.1 Å². The smallest absolute Gasteiger partial charge is 0.325 e. The van der Waals surface area contributed by atoms with Crippen molar-refractivity contribution in [1.29, 1.82) is 0 Å². The maximum absolute atomic E-state index is 13.5. The van der Waals surface area contributed by atoms with Gasteiger partial charge >= 0.3 is 5.97 Å². The van der Waals surface area contributed by atoms with Crippen molar-refractivity contribution in [3.63, 3.8) is 0 Å². The van der Waals surface area contributed by atoms with E-state index in [0.717, 1.165) is 10.7 Å². The molecule has 0 bridgehead atoms. The Morgan fingerprint density at radius 2 is 2.20 bits per heavy atom. The molecule has 2 rings (SSSR count). The van der Waals surface area contributed by atoms with E-state index in [4.69, 9.17) is 16.7 Å². The van der Waals surface area contributed by atoms with Gasteiger partial charge in [0.05, 0.1) is 22.5 Å². The molecule has 0 aliphatic carbocycles. The SMILES string of the molecule is O=C(O)Cn1cc(NC(=O)c2c(F)cccc2Cl)cn1. The van der Waals surface area contributed by atoms with Crippen LogP contribution in [0.1, 0.15) is 10.4 Å². The van der Waals surface area contributed by atoms with Gasteiger partial charge in [-0.1, -0.05) is 17.7 Å². The summed E-state index contributed by atoms with van der Waals surface area (Å²) in [4.78, 5) is 22.4. The number of amides is 1. The molecule has 8 heteroatoms. The van der Waals surface area contributed by atoms with Gasteiger partial charge in [-0.25, -0.2) is 4.39 Å². The highest BCUT2D eigenvalue weighted by molar-refractivity contribution is 6.34. The van der Waals surface area contributed by atoms with Gasteiger partial charge in [-0.2, -0.15) is 5.10 Å². The Balaban J connectivity index is 2.16. The Kier molecular flexibility index (Phi) is 3.99. The summed E-state index contributed by atoms with van der Waals surface area (Å²) in [6, 6.07) is 3.90. The molecule has 1 aromatic carbocycles. The number of carbonyl (C=O) groups is 2. The van der Waals surface area contributed by atoms with Gasteiger partial charge in [-0.15, -0.1) is 0 Å². The summed E-state index contributed by atoms with van der Waals surface area (Å²) in [6.07, 6.45) is 2.58. The largest absolute Gasteiger partial charge is 0.480 e. The molecule has 0 radical (unpaired) electrons. The number of benzene rings is 1. The van der Waals surface area contributed by atoms with Crippen LogP contribution in [0.25, 0.3) is 0 Å². The minimum Gasteiger partial charge on any atom is -0.480 e. The molecule has 6 nitrogen and oxygen atoms in total. The molecule has 104 valence electrons. The van der Waals surface area contributed by atoms with E-state index >= 15 is 0 Å². The van der Waals surface area contributed by atoms with Gasteiger partial charge in [0.1, 0.15) is 12.4 Å². The molecule has 0 atom stereocenters. The lowest BCUT2D eigenvalue weighted by atomic mass is 10.2. The Morgan fingerprint density at radius 1 is 1.45 bits per heavy atom. The summed E-state index contributed by atoms with van der Waals surface area (Å²) in [6.45, 7) is -0.337. The van der Waals surface area contributed by atoms with Crippen molar-refractivity contribution in [3.8, 4) is 0 Å². The molecule has 0 fully saturated rings. The van der Waals surface area contributed by atoms with Crippen molar-refractivity contribution >= 4 is 29.2 Å². The van der Waals surface area contributed by atoms with Crippen molar-refractivity contribution in [1.82, 2.24) is 9.78 Å². The number of aromatic nitrogens is 2. The third-order valence-corrected chi connectivity index (χ3v) is 2.69. The Morgan fingerprint density at radius 3 is 2.85 bits per heavy atom. The molecule has 2 N–H and O–H groups in total. The van der Waals surface area contributed by atoms with Crippen LogP contribution in [-0.4, -0.2) is 26.8 Å². The van der Waals surface area contributed by atoms with Gasteiger partial charge in [-0.05, 0) is 12.1 Å². The van der Waals surface area contributed by atoms with Gasteiger partial charge in [-0.3, -0.25) is 14.3 Å². The average Bonchev–Trinajstić information content (AvgIpc) is 2.75. The first-order chi connectivity index (χ1) is 9.47. The summed E-state index contributed by atoms with van der Waals surface area (Å²) >= 11 is 5.77. The van der Waals surface area contributed by atoms with E-state index in [-0.39, 0.29) is 22.8 Å². The molecular weight excluding hydrogens is 289 g/mol. The number of aliphatic carboxylic acids is 1. The summed E-state index contributed by atoms with van der Waals surface area (Å²) in [7, 11) is 0. The highest BCUT2D eigenvalue weighted by Crippen LogP contribution is 2.20. The van der Waals surface area contributed by atoms with E-state index < -0.39 is 17.7 Å². The Bertz CT molecular complexity index is 651. The van der Waals surface area contributed by atoms with E-state index in [1.54, 1.807) is 0 Å². The molecule has 0 saturated heterocycles. The minimum atomic E-state index is -1.07. The predicted molar refractivity (Wildman–Crippen MR) is 69.2 cm³/mol. The molecule has 1 heterocycles. The maximum Gasteiger partial charge on any atom is 0.325 e. The predicted octanol–water partition coefficient (Wildman–Crippen LogP) is 2.01. The van der Waals surface area contributed by atoms with Crippen molar-refractivity contribution in [2.45, 2.75) is 6.54 Å². The number of carboxylic acid groups (broad SMARTS) is 1. The quantitative estimate of drug-likeness (QED) is 0.904. The Labute approximate surface area is 117 Å². The normalized spacial score (nSPS) is 10.3. The molecule has 0 spiro atoms. The molecule has 0 aliphatic rings. The second-order valence-corrected chi connectivity index (χ2v) is 4.28. The zero-order chi connectivity index (χ0) is 14.7. The highest BCUT2D eigenvalue weighted by atomic mass is 35.5. The number of hydrogen-bond donors (Lipinski definition) is 2. The summed E-state index contributed by atoms with van der Waals surface area (Å²) < 4.78 is 14.7. The van der Waals surface area contributed by atoms with Gasteiger partial charge in [0.2, 0.25) is 0 Å². The number of hydrogen-bond acceptors (Lipinski definition) is 3. The summed E-state index contributed by atoms with van der Waals surface area (Å²) in [5.74, 6) is -2.54. The fraction of sp³-hybridized carbons (Fsp3) is 0.0833. The zero-order valence-electron chi connectivity index (χ0n) is 10.0. The van der Waals surface area contributed by atoms with Crippen molar-refractivity contribution in [2.75, 3.05) is 5.32 Å². The van der Waals surface area contributed by atoms with Crippen molar-refractivity contribution in [2.24, 2.45) is 0 Å². The third-order valence-electron chi connectivity index (χ3n) is 2.38. The van der Waals surface area contributed by atoms with E-state index in [1.165, 1.54) is 24.5 Å². The van der Waals surface area contributed by atoms with Crippen LogP contribution in [-0.2, 0) is 11.3 Å². The van der Waals surface area contributed by atoms with Crippen LogP contribution in [0.2, 0.25) is 5.02 Å². The minimum absolute atomic E-state index is 0.0135. The number of nitrogens with zero attached hydrogens (tertiary/aromatic N) is 2. The number of carboxylic acids is 1. The van der Waals surface area contributed by atoms with Crippen LogP contribution >= 0.6 is 11.6 Å². The first-order valence-corrected chi connectivity index (χ1v) is 5.85. The number of halogens is 2. The zero-order valence-corrected chi connectivity index (χ0v) is 10.8. The second kappa shape index (κ2) is 5.70. The molecule has 1 amide bonds. The van der Waals surface area contributed by atoms with Crippen LogP contribution in [0, 0.1) is 5.82 Å².